The number of ether oxygens (including phenoxy) is 3. The highest BCUT2D eigenvalue weighted by atomic mass is 16.6. The van der Waals surface area contributed by atoms with E-state index in [0.29, 0.717) is 12.0 Å². The average Bonchev–Trinajstić information content (AvgIpc) is 2.92. The van der Waals surface area contributed by atoms with Crippen LogP contribution >= 0.6 is 0 Å². The van der Waals surface area contributed by atoms with E-state index in [0.717, 1.165) is 5.57 Å². The molecule has 1 spiro atoms. The lowest BCUT2D eigenvalue weighted by Gasteiger charge is -2.62. The first-order valence-electron chi connectivity index (χ1n) is 12.6. The van der Waals surface area contributed by atoms with Gasteiger partial charge >= 0.3 is 0 Å². The summed E-state index contributed by atoms with van der Waals surface area (Å²) in [5, 5.41) is 21.9. The molecule has 4 fully saturated rings. The Hall–Kier alpha value is -2.64. The quantitative estimate of drug-likeness (QED) is 0.573. The normalized spacial score (nSPS) is 35.6. The van der Waals surface area contributed by atoms with Crippen molar-refractivity contribution < 1.29 is 34.0 Å². The van der Waals surface area contributed by atoms with Gasteiger partial charge in [0.15, 0.2) is 22.8 Å². The molecule has 7 heteroatoms. The number of fused-ring (bicyclic) bond motifs is 1. The molecule has 3 aliphatic carbocycles. The van der Waals surface area contributed by atoms with E-state index in [4.69, 9.17) is 14.2 Å². The van der Waals surface area contributed by atoms with Crippen molar-refractivity contribution in [2.24, 2.45) is 17.8 Å². The molecule has 6 rings (SSSR count). The summed E-state index contributed by atoms with van der Waals surface area (Å²) >= 11 is 0. The lowest BCUT2D eigenvalue weighted by molar-refractivity contribution is -0.224. The molecule has 1 aromatic rings. The molecule has 36 heavy (non-hydrogen) atoms. The number of hydrogen-bond donors (Lipinski definition) is 2. The molecule has 2 aliphatic heterocycles. The van der Waals surface area contributed by atoms with Crippen LogP contribution in [0.2, 0.25) is 0 Å². The molecule has 1 unspecified atom stereocenters. The van der Waals surface area contributed by atoms with Crippen LogP contribution in [0.5, 0.6) is 17.2 Å². The van der Waals surface area contributed by atoms with Gasteiger partial charge < -0.3 is 24.4 Å². The number of carbonyl (C=O) groups is 2. The smallest absolute Gasteiger partial charge is 0.180 e. The zero-order chi connectivity index (χ0) is 26.6. The van der Waals surface area contributed by atoms with Gasteiger partial charge in [0.05, 0.1) is 17.6 Å². The maximum atomic E-state index is 14.4. The minimum Gasteiger partial charge on any atom is -0.507 e. The zero-order valence-electron chi connectivity index (χ0n) is 22.1. The maximum Gasteiger partial charge on any atom is 0.180 e. The Morgan fingerprint density at radius 2 is 1.92 bits per heavy atom. The number of ketones is 2. The molecule has 3 saturated carbocycles. The van der Waals surface area contributed by atoms with Gasteiger partial charge in [0.2, 0.25) is 0 Å². The topological polar surface area (TPSA) is 102 Å². The van der Waals surface area contributed by atoms with Crippen molar-refractivity contribution in [2.75, 3.05) is 7.11 Å². The summed E-state index contributed by atoms with van der Waals surface area (Å²) in [4.78, 5) is 28.6. The lowest BCUT2D eigenvalue weighted by Crippen LogP contribution is -2.80. The molecule has 2 N–H and O–H groups in total. The van der Waals surface area contributed by atoms with E-state index in [1.54, 1.807) is 6.08 Å². The van der Waals surface area contributed by atoms with Gasteiger partial charge in [-0.25, -0.2) is 0 Å². The zero-order valence-corrected chi connectivity index (χ0v) is 22.1. The van der Waals surface area contributed by atoms with Crippen LogP contribution in [0.3, 0.4) is 0 Å². The number of Topliss-reactive ketones (excluding diaryl/α,β-unsaturated/α-hetero) is 2. The van der Waals surface area contributed by atoms with E-state index in [1.807, 2.05) is 47.6 Å². The third kappa shape index (κ3) is 2.76. The summed E-state index contributed by atoms with van der Waals surface area (Å²) in [5.74, 6) is -2.63. The Kier molecular flexibility index (Phi) is 5.18. The van der Waals surface area contributed by atoms with E-state index >= 15 is 0 Å². The first-order valence-corrected chi connectivity index (χ1v) is 12.6. The molecule has 6 atom stereocenters. The summed E-state index contributed by atoms with van der Waals surface area (Å²) < 4.78 is 19.5. The maximum absolute atomic E-state index is 14.4. The van der Waals surface area contributed by atoms with Gasteiger partial charge in [0, 0.05) is 42.4 Å². The molecule has 7 nitrogen and oxygen atoms in total. The van der Waals surface area contributed by atoms with Crippen molar-refractivity contribution in [3.05, 3.63) is 41.5 Å². The Labute approximate surface area is 212 Å². The van der Waals surface area contributed by atoms with Gasteiger partial charge in [0.1, 0.15) is 22.8 Å². The molecule has 5 aliphatic rings. The lowest BCUT2D eigenvalue weighted by atomic mass is 9.45. The molecular weight excluding hydrogens is 460 g/mol. The van der Waals surface area contributed by atoms with Gasteiger partial charge in [-0.3, -0.25) is 9.59 Å². The van der Waals surface area contributed by atoms with Crippen molar-refractivity contribution in [3.8, 4) is 17.2 Å². The molecule has 2 heterocycles. The first kappa shape index (κ1) is 25.0. The molecule has 1 aromatic carbocycles. The van der Waals surface area contributed by atoms with E-state index in [1.165, 1.54) is 13.2 Å². The van der Waals surface area contributed by atoms with Crippen LogP contribution in [0.1, 0.15) is 70.3 Å². The number of methoxy groups -OCH3 is 1. The second-order valence-corrected chi connectivity index (χ2v) is 12.1. The Morgan fingerprint density at radius 3 is 2.50 bits per heavy atom. The molecule has 0 aromatic heterocycles. The Balaban J connectivity index is 1.89. The largest absolute Gasteiger partial charge is 0.507 e. The van der Waals surface area contributed by atoms with Crippen LogP contribution in [-0.2, 0) is 19.7 Å². The van der Waals surface area contributed by atoms with Gasteiger partial charge in [-0.1, -0.05) is 31.6 Å². The number of phenols is 2. The second-order valence-electron chi connectivity index (χ2n) is 12.1. The van der Waals surface area contributed by atoms with Crippen molar-refractivity contribution in [3.63, 3.8) is 0 Å². The Bertz CT molecular complexity index is 1220. The van der Waals surface area contributed by atoms with Crippen LogP contribution in [-0.4, -0.2) is 51.8 Å². The number of rotatable bonds is 5. The van der Waals surface area contributed by atoms with Crippen molar-refractivity contribution in [2.45, 2.75) is 82.7 Å². The third-order valence-corrected chi connectivity index (χ3v) is 9.10. The summed E-state index contributed by atoms with van der Waals surface area (Å²) in [6.07, 6.45) is 3.63. The van der Waals surface area contributed by atoms with Gasteiger partial charge in [-0.2, -0.15) is 0 Å². The number of allylic oxidation sites excluding steroid dienone is 2. The van der Waals surface area contributed by atoms with E-state index in [2.05, 4.69) is 6.58 Å². The van der Waals surface area contributed by atoms with Crippen molar-refractivity contribution in [1.29, 1.82) is 0 Å². The summed E-state index contributed by atoms with van der Waals surface area (Å²) in [7, 11) is 1.51. The number of hydrogen-bond acceptors (Lipinski definition) is 7. The third-order valence-electron chi connectivity index (χ3n) is 9.10. The fraction of sp³-hybridized carbons (Fsp3) is 0.586. The van der Waals surface area contributed by atoms with E-state index in [9.17, 15) is 19.8 Å². The first-order chi connectivity index (χ1) is 16.7. The number of benzene rings is 1. The van der Waals surface area contributed by atoms with Crippen LogP contribution in [0.4, 0.5) is 0 Å². The SMILES string of the molecule is C=CC(C)(C)c1c(O)cc(O)c2c1O[C@]13C(C2=O)[C@@H](OC)[C@@H]2C[C@H]1C(C)(C)O[C@@]3(CC=C(C)C)C2=O. The summed E-state index contributed by atoms with van der Waals surface area (Å²) in [5.41, 5.74) is -2.98. The molecule has 0 amide bonds. The van der Waals surface area contributed by atoms with Crippen LogP contribution in [0.15, 0.2) is 30.4 Å². The second kappa shape index (κ2) is 7.45. The summed E-state index contributed by atoms with van der Waals surface area (Å²) in [6.45, 7) is 15.4. The van der Waals surface area contributed by atoms with Gasteiger partial charge in [-0.15, -0.1) is 6.58 Å². The van der Waals surface area contributed by atoms with Crippen LogP contribution in [0, 0.1) is 17.8 Å². The monoisotopic (exact) mass is 496 g/mol. The molecule has 1 saturated heterocycles. The predicted molar refractivity (Wildman–Crippen MR) is 134 cm³/mol. The number of phenolic OH excluding ortho intramolecular Hbond substituents is 2. The van der Waals surface area contributed by atoms with Crippen molar-refractivity contribution in [1.82, 2.24) is 0 Å². The van der Waals surface area contributed by atoms with Gasteiger partial charge in [-0.05, 0) is 34.1 Å². The fourth-order valence-electron chi connectivity index (χ4n) is 7.52. The van der Waals surface area contributed by atoms with Crippen LogP contribution in [0.25, 0.3) is 0 Å². The Morgan fingerprint density at radius 1 is 1.25 bits per heavy atom. The fourth-order valence-corrected chi connectivity index (χ4v) is 7.52. The average molecular weight is 497 g/mol. The van der Waals surface area contributed by atoms with Crippen molar-refractivity contribution >= 4 is 11.6 Å². The number of aromatic hydroxyl groups is 2. The standard InChI is InChI=1S/C29H36O7/c1-9-26(4,5)20-17(31)13-16(30)19-22(32)21-23(34-8)15-12-18-27(6,7)36-28(25(15)33,11-10-14(2)3)29(18,21)35-24(19)20/h9-10,13,15,18,21,23,30-31H,1,11-12H2,2-8H3/t15-,18-,21?,23-,28-,29-/m0/s1. The van der Waals surface area contributed by atoms with E-state index in [-0.39, 0.29) is 46.7 Å². The minimum atomic E-state index is -1.41. The van der Waals surface area contributed by atoms with E-state index < -0.39 is 40.2 Å². The number of carbonyl (C=O) groups excluding carboxylic acids is 2. The highest BCUT2D eigenvalue weighted by molar-refractivity contribution is 6.09. The highest BCUT2D eigenvalue weighted by Crippen LogP contribution is 2.70. The molecule has 0 radical (unpaired) electrons. The molecule has 194 valence electrons. The van der Waals surface area contributed by atoms with Crippen LogP contribution < -0.4 is 4.74 Å². The van der Waals surface area contributed by atoms with Gasteiger partial charge in [0.25, 0.3) is 0 Å². The summed E-state index contributed by atoms with van der Waals surface area (Å²) in [6, 6.07) is 1.18. The minimum absolute atomic E-state index is 0.00460. The molecule has 4 bridgehead atoms. The predicted octanol–water partition coefficient (Wildman–Crippen LogP) is 4.63. The molecular formula is C29H36O7. The highest BCUT2D eigenvalue weighted by Gasteiger charge is 2.85.